The van der Waals surface area contributed by atoms with E-state index in [0.717, 1.165) is 21.4 Å². The fourth-order valence-corrected chi connectivity index (χ4v) is 4.67. The Labute approximate surface area is 188 Å². The maximum Gasteiger partial charge on any atom is 0.255 e. The van der Waals surface area contributed by atoms with Crippen LogP contribution in [0.5, 0.6) is 0 Å². The van der Waals surface area contributed by atoms with Gasteiger partial charge in [-0.25, -0.2) is 4.98 Å². The lowest BCUT2D eigenvalue weighted by Gasteiger charge is -2.12. The summed E-state index contributed by atoms with van der Waals surface area (Å²) in [5.41, 5.74) is 2.17. The first kappa shape index (κ1) is 21.1. The summed E-state index contributed by atoms with van der Waals surface area (Å²) in [6, 6.07) is 21.1. The van der Waals surface area contributed by atoms with E-state index in [1.54, 1.807) is 0 Å². The van der Waals surface area contributed by atoms with Crippen LogP contribution in [-0.4, -0.2) is 22.0 Å². The zero-order chi connectivity index (χ0) is 21.8. The van der Waals surface area contributed by atoms with Gasteiger partial charge in [-0.1, -0.05) is 36.4 Å². The normalized spacial score (nSPS) is 11.8. The summed E-state index contributed by atoms with van der Waals surface area (Å²) in [6.07, 6.45) is 0. The second-order valence-corrected chi connectivity index (χ2v) is 9.36. The van der Waals surface area contributed by atoms with Crippen LogP contribution in [0, 0.1) is 6.92 Å². The van der Waals surface area contributed by atoms with E-state index in [9.17, 15) is 9.59 Å². The van der Waals surface area contributed by atoms with Crippen molar-refractivity contribution in [3.63, 3.8) is 0 Å². The number of carbonyl (C=O) groups excluding carboxylic acids is 2. The Morgan fingerprint density at radius 2 is 1.77 bits per heavy atom. The maximum atomic E-state index is 12.7. The van der Waals surface area contributed by atoms with Gasteiger partial charge in [-0.15, -0.1) is 23.1 Å². The predicted molar refractivity (Wildman–Crippen MR) is 129 cm³/mol. The Morgan fingerprint density at radius 3 is 2.55 bits per heavy atom. The Hall–Kier alpha value is -3.16. The molecule has 1 atom stereocenters. The van der Waals surface area contributed by atoms with E-state index in [-0.39, 0.29) is 17.1 Å². The van der Waals surface area contributed by atoms with E-state index < -0.39 is 0 Å². The molecule has 0 saturated carbocycles. The summed E-state index contributed by atoms with van der Waals surface area (Å²) in [5, 5.41) is 10.1. The molecule has 1 aromatic heterocycles. The smallest absolute Gasteiger partial charge is 0.255 e. The number of fused-ring (bicyclic) bond motifs is 1. The van der Waals surface area contributed by atoms with Crippen molar-refractivity contribution in [1.82, 2.24) is 4.98 Å². The molecule has 1 heterocycles. The molecule has 0 fully saturated rings. The van der Waals surface area contributed by atoms with Crippen LogP contribution in [0.4, 0.5) is 10.8 Å². The number of hydrogen-bond donors (Lipinski definition) is 2. The van der Waals surface area contributed by atoms with Crippen molar-refractivity contribution < 1.29 is 9.59 Å². The molecular formula is C24H21N3O2S2. The summed E-state index contributed by atoms with van der Waals surface area (Å²) < 4.78 is 0. The van der Waals surface area contributed by atoms with Crippen LogP contribution < -0.4 is 10.6 Å². The topological polar surface area (TPSA) is 71.1 Å². The number of thioether (sulfide) groups is 1. The van der Waals surface area contributed by atoms with Crippen LogP contribution in [0.15, 0.2) is 77.0 Å². The van der Waals surface area contributed by atoms with Crippen LogP contribution >= 0.6 is 23.1 Å². The summed E-state index contributed by atoms with van der Waals surface area (Å²) in [5.74, 6) is -0.275. The number of amides is 2. The SMILES string of the molecule is Cc1csc(NC(=O)C(C)Sc2cccc(NC(=O)c3ccc4ccccc4c3)c2)n1. The number of hydrogen-bond acceptors (Lipinski definition) is 5. The molecule has 7 heteroatoms. The lowest BCUT2D eigenvalue weighted by atomic mass is 10.1. The first-order valence-corrected chi connectivity index (χ1v) is 11.5. The average Bonchev–Trinajstić information content (AvgIpc) is 3.18. The fourth-order valence-electron chi connectivity index (χ4n) is 3.06. The standard InChI is InChI=1S/C24H21N3O2S2/c1-15-14-30-24(25-15)27-22(28)16(2)31-21-9-5-8-20(13-21)26-23(29)19-11-10-17-6-3-4-7-18(17)12-19/h3-14,16H,1-2H3,(H,26,29)(H,25,27,28). The minimum Gasteiger partial charge on any atom is -0.322 e. The molecule has 0 saturated heterocycles. The molecule has 0 spiro atoms. The zero-order valence-corrected chi connectivity index (χ0v) is 18.7. The van der Waals surface area contributed by atoms with Crippen LogP contribution in [0.25, 0.3) is 10.8 Å². The number of benzene rings is 3. The van der Waals surface area contributed by atoms with E-state index >= 15 is 0 Å². The third-order valence-corrected chi connectivity index (χ3v) is 6.60. The van der Waals surface area contributed by atoms with Crippen LogP contribution in [0.1, 0.15) is 23.0 Å². The molecule has 0 aliphatic heterocycles. The molecule has 156 valence electrons. The molecule has 1 unspecified atom stereocenters. The van der Waals surface area contributed by atoms with Crippen LogP contribution in [0.3, 0.4) is 0 Å². The summed E-state index contributed by atoms with van der Waals surface area (Å²) in [7, 11) is 0. The van der Waals surface area contributed by atoms with Gasteiger partial charge in [0.25, 0.3) is 5.91 Å². The van der Waals surface area contributed by atoms with Crippen molar-refractivity contribution >= 4 is 56.5 Å². The second-order valence-electron chi connectivity index (χ2n) is 7.09. The van der Waals surface area contributed by atoms with E-state index in [1.807, 2.05) is 86.0 Å². The van der Waals surface area contributed by atoms with Gasteiger partial charge in [0.15, 0.2) is 5.13 Å². The molecule has 0 aliphatic rings. The molecule has 0 radical (unpaired) electrons. The maximum absolute atomic E-state index is 12.7. The van der Waals surface area contributed by atoms with E-state index in [1.165, 1.54) is 23.1 Å². The lowest BCUT2D eigenvalue weighted by molar-refractivity contribution is -0.115. The number of carbonyl (C=O) groups is 2. The van der Waals surface area contributed by atoms with Gasteiger partial charge in [0.1, 0.15) is 0 Å². The summed E-state index contributed by atoms with van der Waals surface area (Å²) in [4.78, 5) is 30.3. The molecule has 2 amide bonds. The van der Waals surface area contributed by atoms with Crippen molar-refractivity contribution in [3.8, 4) is 0 Å². The Kier molecular flexibility index (Phi) is 6.34. The van der Waals surface area contributed by atoms with Gasteiger partial charge in [0.2, 0.25) is 5.91 Å². The number of anilines is 2. The number of thiazole rings is 1. The van der Waals surface area contributed by atoms with Gasteiger partial charge in [-0.3, -0.25) is 9.59 Å². The number of aromatic nitrogens is 1. The van der Waals surface area contributed by atoms with Gasteiger partial charge in [-0.2, -0.15) is 0 Å². The highest BCUT2D eigenvalue weighted by molar-refractivity contribution is 8.00. The molecule has 4 aromatic rings. The van der Waals surface area contributed by atoms with Crippen LogP contribution in [-0.2, 0) is 4.79 Å². The molecule has 0 aliphatic carbocycles. The molecular weight excluding hydrogens is 426 g/mol. The monoisotopic (exact) mass is 447 g/mol. The first-order chi connectivity index (χ1) is 15.0. The van der Waals surface area contributed by atoms with Crippen molar-refractivity contribution in [1.29, 1.82) is 0 Å². The average molecular weight is 448 g/mol. The van der Waals surface area contributed by atoms with Crippen molar-refractivity contribution in [2.75, 3.05) is 10.6 Å². The van der Waals surface area contributed by atoms with Gasteiger partial charge in [0.05, 0.1) is 10.9 Å². The Morgan fingerprint density at radius 1 is 0.968 bits per heavy atom. The van der Waals surface area contributed by atoms with E-state index in [4.69, 9.17) is 0 Å². The van der Waals surface area contributed by atoms with Crippen LogP contribution in [0.2, 0.25) is 0 Å². The first-order valence-electron chi connectivity index (χ1n) is 9.78. The van der Waals surface area contributed by atoms with Gasteiger partial charge >= 0.3 is 0 Å². The number of rotatable bonds is 6. The van der Waals surface area contributed by atoms with E-state index in [0.29, 0.717) is 16.4 Å². The van der Waals surface area contributed by atoms with Crippen molar-refractivity contribution in [2.45, 2.75) is 24.0 Å². The van der Waals surface area contributed by atoms with Gasteiger partial charge in [0, 0.05) is 21.5 Å². The molecule has 0 bridgehead atoms. The fraction of sp³-hybridized carbons (Fsp3) is 0.125. The quantitative estimate of drug-likeness (QED) is 0.357. The van der Waals surface area contributed by atoms with Crippen molar-refractivity contribution in [3.05, 3.63) is 83.4 Å². The third kappa shape index (κ3) is 5.31. The highest BCUT2D eigenvalue weighted by atomic mass is 32.2. The Balaban J connectivity index is 1.41. The number of nitrogens with zero attached hydrogens (tertiary/aromatic N) is 1. The zero-order valence-electron chi connectivity index (χ0n) is 17.1. The molecule has 3 aromatic carbocycles. The molecule has 5 nitrogen and oxygen atoms in total. The van der Waals surface area contributed by atoms with E-state index in [2.05, 4.69) is 15.6 Å². The third-order valence-electron chi connectivity index (χ3n) is 4.63. The highest BCUT2D eigenvalue weighted by Gasteiger charge is 2.16. The minimum atomic E-state index is -0.310. The van der Waals surface area contributed by atoms with Gasteiger partial charge < -0.3 is 10.6 Å². The molecule has 2 N–H and O–H groups in total. The molecule has 4 rings (SSSR count). The highest BCUT2D eigenvalue weighted by Crippen LogP contribution is 2.27. The lowest BCUT2D eigenvalue weighted by Crippen LogP contribution is -2.22. The second kappa shape index (κ2) is 9.32. The van der Waals surface area contributed by atoms with Crippen molar-refractivity contribution in [2.24, 2.45) is 0 Å². The minimum absolute atomic E-state index is 0.107. The predicted octanol–water partition coefficient (Wildman–Crippen LogP) is 5.98. The summed E-state index contributed by atoms with van der Waals surface area (Å²) in [6.45, 7) is 3.74. The Bertz CT molecular complexity index is 1250. The molecule has 31 heavy (non-hydrogen) atoms. The largest absolute Gasteiger partial charge is 0.322 e. The summed E-state index contributed by atoms with van der Waals surface area (Å²) >= 11 is 2.84. The number of nitrogens with one attached hydrogen (secondary N) is 2. The van der Waals surface area contributed by atoms with Gasteiger partial charge in [-0.05, 0) is 55.0 Å². The number of aryl methyl sites for hydroxylation is 1.